The van der Waals surface area contributed by atoms with Crippen LogP contribution >= 0.6 is 0 Å². The van der Waals surface area contributed by atoms with E-state index in [0.29, 0.717) is 25.3 Å². The highest BCUT2D eigenvalue weighted by atomic mass is 19.1. The highest BCUT2D eigenvalue weighted by Crippen LogP contribution is 2.30. The van der Waals surface area contributed by atoms with Crippen LogP contribution in [0, 0.1) is 23.0 Å². The van der Waals surface area contributed by atoms with E-state index in [0.717, 1.165) is 17.0 Å². The normalized spacial score (nSPS) is 20.9. The second-order valence-corrected chi connectivity index (χ2v) is 5.29. The largest absolute Gasteiger partial charge is 0.325 e. The van der Waals surface area contributed by atoms with E-state index in [2.05, 4.69) is 5.32 Å². The van der Waals surface area contributed by atoms with Crippen molar-refractivity contribution in [1.29, 1.82) is 5.26 Å². The number of carbonyl (C=O) groups is 2. The summed E-state index contributed by atoms with van der Waals surface area (Å²) in [6.45, 7) is 1.58. The third kappa shape index (κ3) is 2.91. The van der Waals surface area contributed by atoms with Crippen LogP contribution in [0.3, 0.4) is 0 Å². The van der Waals surface area contributed by atoms with E-state index in [-0.39, 0.29) is 12.1 Å². The van der Waals surface area contributed by atoms with Crippen molar-refractivity contribution in [3.8, 4) is 6.07 Å². The first-order valence-corrected chi connectivity index (χ1v) is 6.86. The third-order valence-corrected chi connectivity index (χ3v) is 3.64. The molecule has 1 heterocycles. The molecule has 3 amide bonds. The monoisotopic (exact) mass is 307 g/mol. The number of unbranched alkanes of at least 4 members (excludes halogenated alkanes) is 2. The van der Waals surface area contributed by atoms with Crippen LogP contribution in [-0.2, 0) is 10.3 Å². The Bertz CT molecular complexity index is 636. The molecule has 0 radical (unpaired) electrons. The Morgan fingerprint density at radius 3 is 2.45 bits per heavy atom. The van der Waals surface area contributed by atoms with Gasteiger partial charge in [-0.15, -0.1) is 0 Å². The van der Waals surface area contributed by atoms with Crippen LogP contribution in [0.5, 0.6) is 0 Å². The van der Waals surface area contributed by atoms with Crippen molar-refractivity contribution in [2.24, 2.45) is 0 Å². The number of nitrogens with zero attached hydrogens (tertiary/aromatic N) is 2. The molecule has 1 N–H and O–H groups in total. The number of halogens is 2. The second-order valence-electron chi connectivity index (χ2n) is 5.29. The average Bonchev–Trinajstić information content (AvgIpc) is 2.66. The summed E-state index contributed by atoms with van der Waals surface area (Å²) < 4.78 is 26.7. The molecule has 1 fully saturated rings. The molecule has 0 spiro atoms. The molecule has 22 heavy (non-hydrogen) atoms. The van der Waals surface area contributed by atoms with Gasteiger partial charge in [0.15, 0.2) is 0 Å². The number of nitriles is 1. The van der Waals surface area contributed by atoms with Gasteiger partial charge in [-0.2, -0.15) is 5.26 Å². The van der Waals surface area contributed by atoms with E-state index >= 15 is 0 Å². The maximum Gasteiger partial charge on any atom is 0.325 e. The predicted octanol–water partition coefficient (Wildman–Crippen LogP) is 2.43. The summed E-state index contributed by atoms with van der Waals surface area (Å²) in [7, 11) is 0. The lowest BCUT2D eigenvalue weighted by atomic mass is 9.92. The van der Waals surface area contributed by atoms with Crippen LogP contribution in [0.4, 0.5) is 13.6 Å². The molecule has 0 bridgehead atoms. The van der Waals surface area contributed by atoms with Gasteiger partial charge in [0.2, 0.25) is 0 Å². The molecule has 1 aromatic carbocycles. The quantitative estimate of drug-likeness (QED) is 0.670. The summed E-state index contributed by atoms with van der Waals surface area (Å²) in [5.41, 5.74) is -1.43. The Kier molecular flexibility index (Phi) is 4.40. The average molecular weight is 307 g/mol. The minimum Gasteiger partial charge on any atom is -0.319 e. The molecule has 0 aliphatic carbocycles. The molecular formula is C15H15F2N3O2. The number of benzene rings is 1. The number of carbonyl (C=O) groups excluding carboxylic acids is 2. The van der Waals surface area contributed by atoms with E-state index in [1.165, 1.54) is 6.92 Å². The van der Waals surface area contributed by atoms with Crippen molar-refractivity contribution in [2.75, 3.05) is 6.54 Å². The van der Waals surface area contributed by atoms with E-state index < -0.39 is 29.1 Å². The van der Waals surface area contributed by atoms with Crippen LogP contribution < -0.4 is 5.32 Å². The van der Waals surface area contributed by atoms with Crippen molar-refractivity contribution >= 4 is 11.9 Å². The first kappa shape index (κ1) is 15.9. The van der Waals surface area contributed by atoms with Crippen molar-refractivity contribution in [3.63, 3.8) is 0 Å². The van der Waals surface area contributed by atoms with Crippen LogP contribution in [0.15, 0.2) is 18.2 Å². The Hall–Kier alpha value is -2.49. The van der Waals surface area contributed by atoms with Crippen molar-refractivity contribution in [2.45, 2.75) is 31.7 Å². The van der Waals surface area contributed by atoms with E-state index in [4.69, 9.17) is 5.26 Å². The number of amides is 3. The molecule has 1 aliphatic heterocycles. The molecule has 1 saturated heterocycles. The summed E-state index contributed by atoms with van der Waals surface area (Å²) in [6.07, 6.45) is 1.41. The lowest BCUT2D eigenvalue weighted by Crippen LogP contribution is -2.41. The van der Waals surface area contributed by atoms with Gasteiger partial charge in [-0.3, -0.25) is 9.69 Å². The summed E-state index contributed by atoms with van der Waals surface area (Å²) in [4.78, 5) is 25.4. The van der Waals surface area contributed by atoms with Gasteiger partial charge >= 0.3 is 6.03 Å². The fraction of sp³-hybridized carbons (Fsp3) is 0.400. The Balaban J connectivity index is 2.20. The lowest BCUT2D eigenvalue weighted by Gasteiger charge is -2.22. The van der Waals surface area contributed by atoms with Crippen molar-refractivity contribution in [3.05, 3.63) is 35.4 Å². The number of nitrogens with one attached hydrogen (secondary N) is 1. The zero-order chi connectivity index (χ0) is 16.3. The summed E-state index contributed by atoms with van der Waals surface area (Å²) in [5.74, 6) is -2.18. The summed E-state index contributed by atoms with van der Waals surface area (Å²) in [6, 6.07) is 4.14. The van der Waals surface area contributed by atoms with Gasteiger partial charge in [-0.25, -0.2) is 13.6 Å². The van der Waals surface area contributed by atoms with Gasteiger partial charge in [-0.1, -0.05) is 0 Å². The fourth-order valence-electron chi connectivity index (χ4n) is 2.41. The number of urea groups is 1. The van der Waals surface area contributed by atoms with Gasteiger partial charge in [0, 0.05) is 19.0 Å². The molecule has 5 nitrogen and oxygen atoms in total. The standard InChI is InChI=1S/C15H15F2N3O2/c1-15(10-7-11(16)9-12(17)8-10)13(21)20(14(22)19-15)6-4-2-3-5-18/h7-9H,2-4,6H2,1H3,(H,19,22). The van der Waals surface area contributed by atoms with Gasteiger partial charge in [-0.05, 0) is 37.5 Å². The molecule has 7 heteroatoms. The zero-order valence-electron chi connectivity index (χ0n) is 12.0. The molecule has 0 saturated carbocycles. The van der Waals surface area contributed by atoms with Gasteiger partial charge in [0.05, 0.1) is 6.07 Å². The SMILES string of the molecule is CC1(c2cc(F)cc(F)c2)NC(=O)N(CCCCC#N)C1=O. The predicted molar refractivity (Wildman–Crippen MR) is 73.4 cm³/mol. The van der Waals surface area contributed by atoms with Crippen molar-refractivity contribution < 1.29 is 18.4 Å². The van der Waals surface area contributed by atoms with Crippen LogP contribution in [0.1, 0.15) is 31.7 Å². The van der Waals surface area contributed by atoms with Crippen molar-refractivity contribution in [1.82, 2.24) is 10.2 Å². The maximum absolute atomic E-state index is 13.4. The molecular weight excluding hydrogens is 292 g/mol. The number of rotatable bonds is 5. The Morgan fingerprint density at radius 1 is 1.23 bits per heavy atom. The minimum atomic E-state index is -1.49. The minimum absolute atomic E-state index is 0.0582. The molecule has 1 aliphatic rings. The molecule has 1 unspecified atom stereocenters. The first-order chi connectivity index (χ1) is 10.4. The highest BCUT2D eigenvalue weighted by Gasteiger charge is 2.48. The van der Waals surface area contributed by atoms with Gasteiger partial charge in [0.25, 0.3) is 5.91 Å². The molecule has 1 aromatic rings. The number of hydrogen-bond acceptors (Lipinski definition) is 3. The Labute approximate surface area is 126 Å². The smallest absolute Gasteiger partial charge is 0.319 e. The topological polar surface area (TPSA) is 73.2 Å². The molecule has 116 valence electrons. The van der Waals surface area contributed by atoms with Gasteiger partial charge in [0.1, 0.15) is 17.2 Å². The van der Waals surface area contributed by atoms with E-state index in [9.17, 15) is 18.4 Å². The maximum atomic E-state index is 13.4. The number of hydrogen-bond donors (Lipinski definition) is 1. The molecule has 0 aromatic heterocycles. The summed E-state index contributed by atoms with van der Waals surface area (Å²) in [5, 5.41) is 10.9. The molecule has 1 atom stereocenters. The van der Waals surface area contributed by atoms with E-state index in [1.807, 2.05) is 6.07 Å². The third-order valence-electron chi connectivity index (χ3n) is 3.64. The molecule has 2 rings (SSSR count). The second kappa shape index (κ2) is 6.10. The summed E-state index contributed by atoms with van der Waals surface area (Å²) >= 11 is 0. The first-order valence-electron chi connectivity index (χ1n) is 6.86. The van der Waals surface area contributed by atoms with Crippen LogP contribution in [0.25, 0.3) is 0 Å². The van der Waals surface area contributed by atoms with Gasteiger partial charge < -0.3 is 5.32 Å². The lowest BCUT2D eigenvalue weighted by molar-refractivity contribution is -0.131. The number of imide groups is 1. The zero-order valence-corrected chi connectivity index (χ0v) is 12.0. The Morgan fingerprint density at radius 2 is 1.86 bits per heavy atom. The van der Waals surface area contributed by atoms with Crippen LogP contribution in [-0.4, -0.2) is 23.4 Å². The highest BCUT2D eigenvalue weighted by molar-refractivity contribution is 6.07. The van der Waals surface area contributed by atoms with E-state index in [1.54, 1.807) is 0 Å². The fourth-order valence-corrected chi connectivity index (χ4v) is 2.41. The van der Waals surface area contributed by atoms with Crippen LogP contribution in [0.2, 0.25) is 0 Å².